The Hall–Kier alpha value is -2.62. The minimum absolute atomic E-state index is 0.0500. The Morgan fingerprint density at radius 2 is 2.00 bits per heavy atom. The number of ketones is 1. The van der Waals surface area contributed by atoms with E-state index in [1.807, 2.05) is 31.2 Å². The van der Waals surface area contributed by atoms with Crippen LogP contribution in [0.4, 0.5) is 0 Å². The number of fused-ring (bicyclic) bond motifs is 1. The van der Waals surface area contributed by atoms with E-state index < -0.39 is 5.76 Å². The van der Waals surface area contributed by atoms with Crippen LogP contribution in [0, 0.1) is 6.92 Å². The van der Waals surface area contributed by atoms with Gasteiger partial charge in [-0.3, -0.25) is 9.36 Å². The molecule has 2 aromatic carbocycles. The van der Waals surface area contributed by atoms with Crippen LogP contribution >= 0.6 is 0 Å². The summed E-state index contributed by atoms with van der Waals surface area (Å²) in [6.07, 6.45) is 0. The molecule has 0 N–H and O–H groups in total. The van der Waals surface area contributed by atoms with Crippen molar-refractivity contribution in [2.24, 2.45) is 0 Å². The summed E-state index contributed by atoms with van der Waals surface area (Å²) in [4.78, 5) is 23.4. The van der Waals surface area contributed by atoms with Crippen molar-refractivity contribution in [1.29, 1.82) is 0 Å². The van der Waals surface area contributed by atoms with Crippen molar-refractivity contribution in [2.75, 3.05) is 0 Å². The first-order chi connectivity index (χ1) is 10.0. The lowest BCUT2D eigenvalue weighted by molar-refractivity contribution is 0.101. The average Bonchev–Trinajstić information content (AvgIpc) is 2.74. The number of carbonyl (C=O) groups is 1. The molecule has 3 aromatic rings. The summed E-state index contributed by atoms with van der Waals surface area (Å²) < 4.78 is 6.82. The minimum Gasteiger partial charge on any atom is -0.408 e. The Morgan fingerprint density at radius 3 is 2.71 bits per heavy atom. The molecule has 0 saturated heterocycles. The first kappa shape index (κ1) is 13.4. The minimum atomic E-state index is -0.410. The molecule has 0 aliphatic rings. The van der Waals surface area contributed by atoms with E-state index in [1.54, 1.807) is 22.8 Å². The quantitative estimate of drug-likeness (QED) is 0.693. The summed E-state index contributed by atoms with van der Waals surface area (Å²) in [5.41, 5.74) is 3.87. The number of aromatic nitrogens is 1. The molecule has 0 unspecified atom stereocenters. The van der Waals surface area contributed by atoms with Gasteiger partial charge in [0.2, 0.25) is 0 Å². The predicted molar refractivity (Wildman–Crippen MR) is 80.8 cm³/mol. The molecule has 4 heteroatoms. The maximum absolute atomic E-state index is 12.0. The van der Waals surface area contributed by atoms with Crippen LogP contribution in [0.15, 0.2) is 51.7 Å². The Bertz CT molecular complexity index is 886. The third kappa shape index (κ3) is 2.52. The molecule has 0 atom stereocenters. The monoisotopic (exact) mass is 281 g/mol. The first-order valence-corrected chi connectivity index (χ1v) is 6.74. The zero-order valence-corrected chi connectivity index (χ0v) is 11.9. The van der Waals surface area contributed by atoms with E-state index in [-0.39, 0.29) is 5.78 Å². The molecule has 1 aromatic heterocycles. The molecule has 0 saturated carbocycles. The zero-order chi connectivity index (χ0) is 15.0. The molecule has 0 aliphatic carbocycles. The van der Waals surface area contributed by atoms with E-state index in [0.29, 0.717) is 23.2 Å². The van der Waals surface area contributed by atoms with Crippen LogP contribution in [0.5, 0.6) is 0 Å². The van der Waals surface area contributed by atoms with Gasteiger partial charge in [0.25, 0.3) is 0 Å². The second-order valence-corrected chi connectivity index (χ2v) is 5.18. The third-order valence-electron chi connectivity index (χ3n) is 3.50. The third-order valence-corrected chi connectivity index (χ3v) is 3.50. The topological polar surface area (TPSA) is 52.2 Å². The molecule has 0 bridgehead atoms. The highest BCUT2D eigenvalue weighted by Gasteiger charge is 2.11. The molecule has 3 rings (SSSR count). The number of hydrogen-bond acceptors (Lipinski definition) is 3. The number of benzene rings is 2. The van der Waals surface area contributed by atoms with Gasteiger partial charge in [0.05, 0.1) is 12.1 Å². The number of Topliss-reactive ketones (excluding diaryl/α,β-unsaturated/α-hetero) is 1. The van der Waals surface area contributed by atoms with Gasteiger partial charge >= 0.3 is 5.76 Å². The summed E-state index contributed by atoms with van der Waals surface area (Å²) >= 11 is 0. The number of oxazole rings is 1. The molecule has 0 amide bonds. The fourth-order valence-electron chi connectivity index (χ4n) is 2.43. The largest absolute Gasteiger partial charge is 0.420 e. The highest BCUT2D eigenvalue weighted by molar-refractivity contribution is 5.96. The second-order valence-electron chi connectivity index (χ2n) is 5.18. The number of aryl methyl sites for hydroxylation is 1. The lowest BCUT2D eigenvalue weighted by Gasteiger charge is -2.04. The molecular weight excluding hydrogens is 266 g/mol. The van der Waals surface area contributed by atoms with Crippen LogP contribution in [0.1, 0.15) is 28.4 Å². The van der Waals surface area contributed by atoms with E-state index in [0.717, 1.165) is 11.1 Å². The zero-order valence-electron chi connectivity index (χ0n) is 11.9. The fraction of sp³-hybridized carbons (Fsp3) is 0.176. The molecule has 21 heavy (non-hydrogen) atoms. The standard InChI is InChI=1S/C17H15NO3/c1-11-4-3-5-13(8-11)10-18-15-7-6-14(12(2)19)9-16(15)21-17(18)20/h3-9H,10H2,1-2H3. The normalized spacial score (nSPS) is 11.0. The van der Waals surface area contributed by atoms with E-state index >= 15 is 0 Å². The van der Waals surface area contributed by atoms with E-state index in [1.165, 1.54) is 6.92 Å². The van der Waals surface area contributed by atoms with E-state index in [4.69, 9.17) is 4.42 Å². The fourth-order valence-corrected chi connectivity index (χ4v) is 2.43. The van der Waals surface area contributed by atoms with Crippen LogP contribution in [-0.4, -0.2) is 10.4 Å². The number of nitrogens with zero attached hydrogens (tertiary/aromatic N) is 1. The number of rotatable bonds is 3. The van der Waals surface area contributed by atoms with Crippen LogP contribution in [-0.2, 0) is 6.54 Å². The first-order valence-electron chi connectivity index (χ1n) is 6.74. The van der Waals surface area contributed by atoms with Crippen LogP contribution in [0.25, 0.3) is 11.1 Å². The Kier molecular flexibility index (Phi) is 3.22. The van der Waals surface area contributed by atoms with Gasteiger partial charge in [0.15, 0.2) is 11.4 Å². The van der Waals surface area contributed by atoms with Crippen molar-refractivity contribution < 1.29 is 9.21 Å². The van der Waals surface area contributed by atoms with Gasteiger partial charge < -0.3 is 4.42 Å². The van der Waals surface area contributed by atoms with Gasteiger partial charge in [-0.2, -0.15) is 0 Å². The van der Waals surface area contributed by atoms with Crippen molar-refractivity contribution in [3.8, 4) is 0 Å². The molecule has 0 aliphatic heterocycles. The summed E-state index contributed by atoms with van der Waals surface area (Å²) in [5.74, 6) is -0.460. The maximum atomic E-state index is 12.0. The summed E-state index contributed by atoms with van der Waals surface area (Å²) in [5, 5.41) is 0. The smallest absolute Gasteiger partial charge is 0.408 e. The molecule has 0 fully saturated rings. The van der Waals surface area contributed by atoms with Crippen molar-refractivity contribution in [3.63, 3.8) is 0 Å². The Morgan fingerprint density at radius 1 is 1.19 bits per heavy atom. The van der Waals surface area contributed by atoms with Gasteiger partial charge in [0.1, 0.15) is 0 Å². The van der Waals surface area contributed by atoms with Crippen molar-refractivity contribution in [1.82, 2.24) is 4.57 Å². The maximum Gasteiger partial charge on any atom is 0.420 e. The van der Waals surface area contributed by atoms with Crippen LogP contribution in [0.3, 0.4) is 0 Å². The number of hydrogen-bond donors (Lipinski definition) is 0. The van der Waals surface area contributed by atoms with Crippen molar-refractivity contribution >= 4 is 16.9 Å². The molecule has 4 nitrogen and oxygen atoms in total. The average molecular weight is 281 g/mol. The summed E-state index contributed by atoms with van der Waals surface area (Å²) in [6, 6.07) is 13.1. The van der Waals surface area contributed by atoms with Gasteiger partial charge in [-0.25, -0.2) is 4.79 Å². The Balaban J connectivity index is 2.08. The molecule has 1 heterocycles. The van der Waals surface area contributed by atoms with Crippen molar-refractivity contribution in [3.05, 3.63) is 69.7 Å². The van der Waals surface area contributed by atoms with E-state index in [2.05, 4.69) is 0 Å². The molecular formula is C17H15NO3. The van der Waals surface area contributed by atoms with Gasteiger partial charge in [-0.1, -0.05) is 29.8 Å². The second kappa shape index (κ2) is 5.05. The summed E-state index contributed by atoms with van der Waals surface area (Å²) in [6.45, 7) is 3.95. The van der Waals surface area contributed by atoms with Crippen molar-refractivity contribution in [2.45, 2.75) is 20.4 Å². The SMILES string of the molecule is CC(=O)c1ccc2c(c1)oc(=O)n2Cc1cccc(C)c1. The van der Waals surface area contributed by atoms with Crippen LogP contribution < -0.4 is 5.76 Å². The molecule has 0 spiro atoms. The molecule has 0 radical (unpaired) electrons. The van der Waals surface area contributed by atoms with Gasteiger partial charge in [0, 0.05) is 5.56 Å². The predicted octanol–water partition coefficient (Wildman–Crippen LogP) is 3.15. The highest BCUT2D eigenvalue weighted by atomic mass is 16.4. The lowest BCUT2D eigenvalue weighted by atomic mass is 10.1. The summed E-state index contributed by atoms with van der Waals surface area (Å²) in [7, 11) is 0. The van der Waals surface area contributed by atoms with E-state index in [9.17, 15) is 9.59 Å². The Labute approximate surface area is 121 Å². The lowest BCUT2D eigenvalue weighted by Crippen LogP contribution is -2.14. The highest BCUT2D eigenvalue weighted by Crippen LogP contribution is 2.17. The molecule has 106 valence electrons. The van der Waals surface area contributed by atoms with Crippen LogP contribution in [0.2, 0.25) is 0 Å². The van der Waals surface area contributed by atoms with Gasteiger partial charge in [-0.05, 0) is 37.6 Å². The number of carbonyl (C=O) groups excluding carboxylic acids is 1. The van der Waals surface area contributed by atoms with Gasteiger partial charge in [-0.15, -0.1) is 0 Å².